The standard InChI is InChI=1S/C14H21NO3/c1-4-10(2)15-14(17)11(3)18-13-7-5-6-12(8-13)9-16/h5-8,10-11,16H,4,9H2,1-3H3,(H,15,17). The van der Waals surface area contributed by atoms with Gasteiger partial charge in [0.1, 0.15) is 5.75 Å². The molecule has 0 aliphatic heterocycles. The molecule has 1 aromatic rings. The third-order valence-corrected chi connectivity index (χ3v) is 2.76. The van der Waals surface area contributed by atoms with Gasteiger partial charge < -0.3 is 15.2 Å². The molecule has 2 atom stereocenters. The van der Waals surface area contributed by atoms with E-state index < -0.39 is 6.10 Å². The van der Waals surface area contributed by atoms with E-state index >= 15 is 0 Å². The first kappa shape index (κ1) is 14.5. The van der Waals surface area contributed by atoms with E-state index in [0.717, 1.165) is 12.0 Å². The number of ether oxygens (including phenoxy) is 1. The lowest BCUT2D eigenvalue weighted by Gasteiger charge is -2.18. The summed E-state index contributed by atoms with van der Waals surface area (Å²) in [5.74, 6) is 0.465. The highest BCUT2D eigenvalue weighted by atomic mass is 16.5. The predicted molar refractivity (Wildman–Crippen MR) is 70.4 cm³/mol. The number of benzene rings is 1. The fourth-order valence-electron chi connectivity index (χ4n) is 1.44. The second kappa shape index (κ2) is 7.01. The van der Waals surface area contributed by atoms with Crippen molar-refractivity contribution in [1.82, 2.24) is 5.32 Å². The van der Waals surface area contributed by atoms with Crippen LogP contribution in [0.1, 0.15) is 32.8 Å². The minimum absolute atomic E-state index is 0.0371. The number of aliphatic hydroxyl groups is 1. The molecular formula is C14H21NO3. The number of rotatable bonds is 6. The molecule has 0 radical (unpaired) electrons. The Bertz CT molecular complexity index is 392. The second-order valence-corrected chi connectivity index (χ2v) is 4.38. The highest BCUT2D eigenvalue weighted by Crippen LogP contribution is 2.15. The van der Waals surface area contributed by atoms with Crippen molar-refractivity contribution in [3.63, 3.8) is 0 Å². The van der Waals surface area contributed by atoms with E-state index in [1.54, 1.807) is 31.2 Å². The molecule has 1 amide bonds. The molecule has 0 aromatic heterocycles. The van der Waals surface area contributed by atoms with Gasteiger partial charge in [-0.05, 0) is 38.0 Å². The van der Waals surface area contributed by atoms with Crippen LogP contribution in [0, 0.1) is 0 Å². The van der Waals surface area contributed by atoms with E-state index in [0.29, 0.717) is 5.75 Å². The van der Waals surface area contributed by atoms with Gasteiger partial charge in [-0.1, -0.05) is 19.1 Å². The topological polar surface area (TPSA) is 58.6 Å². The van der Waals surface area contributed by atoms with E-state index in [1.807, 2.05) is 13.8 Å². The first-order valence-corrected chi connectivity index (χ1v) is 6.23. The monoisotopic (exact) mass is 251 g/mol. The molecule has 100 valence electrons. The van der Waals surface area contributed by atoms with E-state index in [-0.39, 0.29) is 18.6 Å². The lowest BCUT2D eigenvalue weighted by molar-refractivity contribution is -0.127. The van der Waals surface area contributed by atoms with Crippen LogP contribution in [-0.4, -0.2) is 23.2 Å². The number of hydrogen-bond donors (Lipinski definition) is 2. The van der Waals surface area contributed by atoms with Gasteiger partial charge in [-0.15, -0.1) is 0 Å². The summed E-state index contributed by atoms with van der Waals surface area (Å²) in [5.41, 5.74) is 0.766. The van der Waals surface area contributed by atoms with Crippen molar-refractivity contribution in [1.29, 1.82) is 0 Å². The summed E-state index contributed by atoms with van der Waals surface area (Å²) in [4.78, 5) is 11.8. The molecule has 0 spiro atoms. The van der Waals surface area contributed by atoms with Gasteiger partial charge in [0.2, 0.25) is 0 Å². The van der Waals surface area contributed by atoms with Gasteiger partial charge in [0.25, 0.3) is 5.91 Å². The first-order chi connectivity index (χ1) is 8.56. The lowest BCUT2D eigenvalue weighted by atomic mass is 10.2. The van der Waals surface area contributed by atoms with Crippen molar-refractivity contribution in [3.8, 4) is 5.75 Å². The van der Waals surface area contributed by atoms with Gasteiger partial charge in [0, 0.05) is 6.04 Å². The van der Waals surface area contributed by atoms with Crippen LogP contribution < -0.4 is 10.1 Å². The Labute approximate surface area is 108 Å². The van der Waals surface area contributed by atoms with E-state index in [1.165, 1.54) is 0 Å². The summed E-state index contributed by atoms with van der Waals surface area (Å²) in [7, 11) is 0. The molecule has 0 bridgehead atoms. The molecule has 4 heteroatoms. The molecule has 1 aromatic carbocycles. The van der Waals surface area contributed by atoms with Crippen LogP contribution in [0.15, 0.2) is 24.3 Å². The smallest absolute Gasteiger partial charge is 0.260 e. The number of nitrogens with one attached hydrogen (secondary N) is 1. The minimum Gasteiger partial charge on any atom is -0.481 e. The largest absolute Gasteiger partial charge is 0.481 e. The zero-order chi connectivity index (χ0) is 13.5. The number of amides is 1. The summed E-state index contributed by atoms with van der Waals surface area (Å²) < 4.78 is 5.54. The molecule has 0 saturated heterocycles. The quantitative estimate of drug-likeness (QED) is 0.811. The molecule has 18 heavy (non-hydrogen) atoms. The van der Waals surface area contributed by atoms with Crippen molar-refractivity contribution < 1.29 is 14.6 Å². The van der Waals surface area contributed by atoms with Gasteiger partial charge >= 0.3 is 0 Å². The fraction of sp³-hybridized carbons (Fsp3) is 0.500. The van der Waals surface area contributed by atoms with Crippen LogP contribution in [0.3, 0.4) is 0 Å². The van der Waals surface area contributed by atoms with Crippen molar-refractivity contribution in [2.75, 3.05) is 0 Å². The summed E-state index contributed by atoms with van der Waals surface area (Å²) in [6, 6.07) is 7.24. The Hall–Kier alpha value is -1.55. The number of carbonyl (C=O) groups is 1. The molecule has 0 fully saturated rings. The maximum absolute atomic E-state index is 11.8. The van der Waals surface area contributed by atoms with E-state index in [2.05, 4.69) is 5.32 Å². The molecule has 4 nitrogen and oxygen atoms in total. The molecule has 0 saturated carbocycles. The number of carbonyl (C=O) groups excluding carboxylic acids is 1. The average molecular weight is 251 g/mol. The molecule has 0 aliphatic rings. The molecular weight excluding hydrogens is 230 g/mol. The maximum atomic E-state index is 11.8. The van der Waals surface area contributed by atoms with Gasteiger partial charge in [-0.3, -0.25) is 4.79 Å². The summed E-state index contributed by atoms with van der Waals surface area (Å²) in [6.07, 6.45) is 0.339. The molecule has 0 heterocycles. The molecule has 1 rings (SSSR count). The van der Waals surface area contributed by atoms with Crippen LogP contribution >= 0.6 is 0 Å². The number of hydrogen-bond acceptors (Lipinski definition) is 3. The Kier molecular flexibility index (Phi) is 5.65. The van der Waals surface area contributed by atoms with Crippen LogP contribution in [0.2, 0.25) is 0 Å². The third kappa shape index (κ3) is 4.37. The zero-order valence-electron chi connectivity index (χ0n) is 11.1. The van der Waals surface area contributed by atoms with Crippen LogP contribution in [-0.2, 0) is 11.4 Å². The normalized spacial score (nSPS) is 13.8. The molecule has 0 aliphatic carbocycles. The second-order valence-electron chi connectivity index (χ2n) is 4.38. The molecule has 2 N–H and O–H groups in total. The van der Waals surface area contributed by atoms with Crippen LogP contribution in [0.4, 0.5) is 0 Å². The van der Waals surface area contributed by atoms with E-state index in [9.17, 15) is 4.79 Å². The summed E-state index contributed by atoms with van der Waals surface area (Å²) in [5, 5.41) is 11.9. The lowest BCUT2D eigenvalue weighted by Crippen LogP contribution is -2.40. The predicted octanol–water partition coefficient (Wildman–Crippen LogP) is 1.86. The maximum Gasteiger partial charge on any atom is 0.260 e. The zero-order valence-corrected chi connectivity index (χ0v) is 11.1. The van der Waals surface area contributed by atoms with Crippen LogP contribution in [0.25, 0.3) is 0 Å². The third-order valence-electron chi connectivity index (χ3n) is 2.76. The van der Waals surface area contributed by atoms with Crippen LogP contribution in [0.5, 0.6) is 5.75 Å². The minimum atomic E-state index is -0.548. The van der Waals surface area contributed by atoms with Crippen molar-refractivity contribution in [3.05, 3.63) is 29.8 Å². The Morgan fingerprint density at radius 1 is 1.44 bits per heavy atom. The van der Waals surface area contributed by atoms with E-state index in [4.69, 9.17) is 9.84 Å². The van der Waals surface area contributed by atoms with Crippen molar-refractivity contribution >= 4 is 5.91 Å². The van der Waals surface area contributed by atoms with Crippen molar-refractivity contribution in [2.45, 2.75) is 45.9 Å². The van der Waals surface area contributed by atoms with Gasteiger partial charge in [0.15, 0.2) is 6.10 Å². The Morgan fingerprint density at radius 3 is 2.78 bits per heavy atom. The summed E-state index contributed by atoms with van der Waals surface area (Å²) >= 11 is 0. The van der Waals surface area contributed by atoms with Gasteiger partial charge in [0.05, 0.1) is 6.61 Å². The molecule has 2 unspecified atom stereocenters. The van der Waals surface area contributed by atoms with Crippen molar-refractivity contribution in [2.24, 2.45) is 0 Å². The first-order valence-electron chi connectivity index (χ1n) is 6.23. The SMILES string of the molecule is CCC(C)NC(=O)C(C)Oc1cccc(CO)c1. The highest BCUT2D eigenvalue weighted by Gasteiger charge is 2.16. The van der Waals surface area contributed by atoms with Gasteiger partial charge in [-0.25, -0.2) is 0 Å². The highest BCUT2D eigenvalue weighted by molar-refractivity contribution is 5.80. The summed E-state index contributed by atoms with van der Waals surface area (Å²) in [6.45, 7) is 5.65. The average Bonchev–Trinajstić information content (AvgIpc) is 2.38. The fourth-order valence-corrected chi connectivity index (χ4v) is 1.44. The van der Waals surface area contributed by atoms with Gasteiger partial charge in [-0.2, -0.15) is 0 Å². The number of aliphatic hydroxyl groups excluding tert-OH is 1. The Balaban J connectivity index is 2.57. The Morgan fingerprint density at radius 2 is 2.17 bits per heavy atom.